The quantitative estimate of drug-likeness (QED) is 0.902. The minimum Gasteiger partial charge on any atom is -0.338 e. The zero-order valence-corrected chi connectivity index (χ0v) is 14.8. The molecule has 2 rings (SSSR count). The maximum absolute atomic E-state index is 12.5. The summed E-state index contributed by atoms with van der Waals surface area (Å²) in [5.74, 6) is -0.128. The zero-order chi connectivity index (χ0) is 15.8. The van der Waals surface area contributed by atoms with E-state index in [-0.39, 0.29) is 28.6 Å². The van der Waals surface area contributed by atoms with E-state index in [0.717, 1.165) is 12.7 Å². The molecule has 1 saturated heterocycles. The highest BCUT2D eigenvalue weighted by Crippen LogP contribution is 2.30. The van der Waals surface area contributed by atoms with Crippen molar-refractivity contribution in [3.8, 4) is 0 Å². The fourth-order valence-electron chi connectivity index (χ4n) is 2.68. The molecule has 1 aromatic carbocycles. The Balaban J connectivity index is 0.00000242. The lowest BCUT2D eigenvalue weighted by Crippen LogP contribution is -2.34. The fraction of sp³-hybridized carbons (Fsp3) is 0.533. The summed E-state index contributed by atoms with van der Waals surface area (Å²) in [4.78, 5) is 14.5. The van der Waals surface area contributed by atoms with Crippen molar-refractivity contribution >= 4 is 28.2 Å². The number of halogens is 1. The lowest BCUT2D eigenvalue weighted by molar-refractivity contribution is 0.0776. The molecule has 1 amide bonds. The Kier molecular flexibility index (Phi) is 5.65. The minimum absolute atomic E-state index is 0. The average Bonchev–Trinajstić information content (AvgIpc) is 2.81. The molecule has 124 valence electrons. The van der Waals surface area contributed by atoms with E-state index in [1.165, 1.54) is 6.07 Å². The first kappa shape index (κ1) is 18.9. The van der Waals surface area contributed by atoms with Crippen LogP contribution in [0.3, 0.4) is 0 Å². The molecule has 1 fully saturated rings. The Morgan fingerprint density at radius 2 is 2.05 bits per heavy atom. The van der Waals surface area contributed by atoms with Crippen LogP contribution in [0.5, 0.6) is 0 Å². The van der Waals surface area contributed by atoms with Gasteiger partial charge in [-0.3, -0.25) is 4.79 Å². The van der Waals surface area contributed by atoms with Crippen molar-refractivity contribution in [3.05, 3.63) is 29.3 Å². The first-order chi connectivity index (χ1) is 9.66. The van der Waals surface area contributed by atoms with Gasteiger partial charge in [0.05, 0.1) is 4.90 Å². The van der Waals surface area contributed by atoms with Crippen LogP contribution in [-0.4, -0.2) is 45.1 Å². The molecule has 1 heterocycles. The molecular weight excluding hydrogens is 324 g/mol. The topological polar surface area (TPSA) is 80.5 Å². The van der Waals surface area contributed by atoms with Crippen molar-refractivity contribution in [2.24, 2.45) is 11.1 Å². The molecule has 7 heteroatoms. The van der Waals surface area contributed by atoms with Crippen LogP contribution in [0.4, 0.5) is 0 Å². The third-order valence-electron chi connectivity index (χ3n) is 4.17. The van der Waals surface area contributed by atoms with Crippen LogP contribution in [0.1, 0.15) is 29.3 Å². The third kappa shape index (κ3) is 3.80. The van der Waals surface area contributed by atoms with Crippen LogP contribution in [0.15, 0.2) is 23.1 Å². The van der Waals surface area contributed by atoms with E-state index in [1.54, 1.807) is 24.0 Å². The van der Waals surface area contributed by atoms with Crippen LogP contribution < -0.4 is 5.73 Å². The number of likely N-dealkylation sites (tertiary alicyclic amines) is 1. The molecule has 0 saturated carbocycles. The van der Waals surface area contributed by atoms with Crippen molar-refractivity contribution in [3.63, 3.8) is 0 Å². The van der Waals surface area contributed by atoms with Crippen molar-refractivity contribution in [2.45, 2.75) is 25.2 Å². The van der Waals surface area contributed by atoms with Gasteiger partial charge in [-0.25, -0.2) is 8.42 Å². The number of nitrogens with zero attached hydrogens (tertiary/aromatic N) is 1. The zero-order valence-electron chi connectivity index (χ0n) is 13.1. The highest BCUT2D eigenvalue weighted by Gasteiger charge is 2.35. The molecule has 22 heavy (non-hydrogen) atoms. The Bertz CT molecular complexity index is 675. The minimum atomic E-state index is -3.33. The van der Waals surface area contributed by atoms with Gasteiger partial charge in [-0.1, -0.05) is 13.0 Å². The van der Waals surface area contributed by atoms with E-state index in [0.29, 0.717) is 30.8 Å². The largest absolute Gasteiger partial charge is 0.338 e. The molecule has 1 aromatic rings. The molecule has 2 N–H and O–H groups in total. The number of hydrogen-bond acceptors (Lipinski definition) is 4. The van der Waals surface area contributed by atoms with Crippen molar-refractivity contribution < 1.29 is 13.2 Å². The van der Waals surface area contributed by atoms with Crippen LogP contribution in [0.25, 0.3) is 0 Å². The molecule has 0 radical (unpaired) electrons. The second-order valence-corrected chi connectivity index (χ2v) is 8.23. The van der Waals surface area contributed by atoms with E-state index >= 15 is 0 Å². The summed E-state index contributed by atoms with van der Waals surface area (Å²) in [5, 5.41) is 0. The number of sulfone groups is 1. The first-order valence-corrected chi connectivity index (χ1v) is 8.85. The number of nitrogens with two attached hydrogens (primary N) is 1. The van der Waals surface area contributed by atoms with Gasteiger partial charge in [0.15, 0.2) is 9.84 Å². The van der Waals surface area contributed by atoms with E-state index in [2.05, 4.69) is 6.92 Å². The summed E-state index contributed by atoms with van der Waals surface area (Å²) in [5.41, 5.74) is 6.78. The van der Waals surface area contributed by atoms with E-state index in [4.69, 9.17) is 5.73 Å². The van der Waals surface area contributed by atoms with Crippen molar-refractivity contribution in [2.75, 3.05) is 25.9 Å². The van der Waals surface area contributed by atoms with Crippen molar-refractivity contribution in [1.29, 1.82) is 0 Å². The highest BCUT2D eigenvalue weighted by atomic mass is 35.5. The maximum Gasteiger partial charge on any atom is 0.253 e. The van der Waals surface area contributed by atoms with Gasteiger partial charge in [-0.05, 0) is 43.0 Å². The normalized spacial score (nSPS) is 21.5. The standard InChI is InChI=1S/C15H22N2O3S.ClH/c1-11-4-5-12(8-13(11)21(3,19)20)14(18)17-7-6-15(2,9-16)10-17;/h4-5,8H,6-7,9-10,16H2,1-3H3;1H. The van der Waals surface area contributed by atoms with Gasteiger partial charge >= 0.3 is 0 Å². The van der Waals surface area contributed by atoms with Gasteiger partial charge in [0.25, 0.3) is 5.91 Å². The fourth-order valence-corrected chi connectivity index (χ4v) is 3.67. The monoisotopic (exact) mass is 346 g/mol. The van der Waals surface area contributed by atoms with Gasteiger partial charge in [0.1, 0.15) is 0 Å². The Hall–Kier alpha value is -1.11. The molecule has 1 aliphatic heterocycles. The first-order valence-electron chi connectivity index (χ1n) is 6.96. The lowest BCUT2D eigenvalue weighted by atomic mass is 9.90. The molecule has 0 bridgehead atoms. The number of benzene rings is 1. The van der Waals surface area contributed by atoms with Crippen LogP contribution >= 0.6 is 12.4 Å². The predicted octanol–water partition coefficient (Wildman–Crippen LogP) is 1.63. The molecule has 1 unspecified atom stereocenters. The SMILES string of the molecule is Cc1ccc(C(=O)N2CCC(C)(CN)C2)cc1S(C)(=O)=O.Cl. The second kappa shape index (κ2) is 6.56. The summed E-state index contributed by atoms with van der Waals surface area (Å²) in [6.45, 7) is 5.61. The third-order valence-corrected chi connectivity index (χ3v) is 5.41. The van der Waals surface area contributed by atoms with E-state index in [9.17, 15) is 13.2 Å². The van der Waals surface area contributed by atoms with Crippen molar-refractivity contribution in [1.82, 2.24) is 4.90 Å². The molecule has 0 aliphatic carbocycles. The van der Waals surface area contributed by atoms with Gasteiger partial charge in [0.2, 0.25) is 0 Å². The number of carbonyl (C=O) groups excluding carboxylic acids is 1. The smallest absolute Gasteiger partial charge is 0.253 e. The summed E-state index contributed by atoms with van der Waals surface area (Å²) in [6.07, 6.45) is 2.03. The summed E-state index contributed by atoms with van der Waals surface area (Å²) in [6, 6.07) is 4.84. The number of rotatable bonds is 3. The van der Waals surface area contributed by atoms with Crippen LogP contribution in [-0.2, 0) is 9.84 Å². The Morgan fingerprint density at radius 1 is 1.41 bits per heavy atom. The number of aryl methyl sites for hydroxylation is 1. The van der Waals surface area contributed by atoms with Crippen LogP contribution in [0, 0.1) is 12.3 Å². The lowest BCUT2D eigenvalue weighted by Gasteiger charge is -2.22. The van der Waals surface area contributed by atoms with Gasteiger partial charge in [-0.2, -0.15) is 0 Å². The number of amides is 1. The molecule has 1 aliphatic rings. The van der Waals surface area contributed by atoms with Gasteiger partial charge < -0.3 is 10.6 Å². The summed E-state index contributed by atoms with van der Waals surface area (Å²) in [7, 11) is -3.33. The summed E-state index contributed by atoms with van der Waals surface area (Å²) >= 11 is 0. The van der Waals surface area contributed by atoms with Gasteiger partial charge in [0, 0.05) is 24.9 Å². The predicted molar refractivity (Wildman–Crippen MR) is 89.2 cm³/mol. The van der Waals surface area contributed by atoms with E-state index < -0.39 is 9.84 Å². The molecule has 1 atom stereocenters. The Labute approximate surface area is 138 Å². The molecule has 0 aromatic heterocycles. The average molecular weight is 347 g/mol. The van der Waals surface area contributed by atoms with E-state index in [1.807, 2.05) is 0 Å². The molecule has 5 nitrogen and oxygen atoms in total. The Morgan fingerprint density at radius 3 is 2.55 bits per heavy atom. The second-order valence-electron chi connectivity index (χ2n) is 6.24. The van der Waals surface area contributed by atoms with Crippen LogP contribution in [0.2, 0.25) is 0 Å². The summed E-state index contributed by atoms with van der Waals surface area (Å²) < 4.78 is 23.5. The number of carbonyl (C=O) groups is 1. The number of hydrogen-bond donors (Lipinski definition) is 1. The molecular formula is C15H23ClN2O3S. The van der Waals surface area contributed by atoms with Gasteiger partial charge in [-0.15, -0.1) is 12.4 Å². The maximum atomic E-state index is 12.5. The molecule has 0 spiro atoms. The highest BCUT2D eigenvalue weighted by molar-refractivity contribution is 7.90.